The van der Waals surface area contributed by atoms with Crippen LogP contribution in [-0.4, -0.2) is 35.3 Å². The lowest BCUT2D eigenvalue weighted by Gasteiger charge is -2.21. The van der Waals surface area contributed by atoms with Crippen LogP contribution in [0, 0.1) is 0 Å². The fourth-order valence-corrected chi connectivity index (χ4v) is 1.79. The molecule has 4 N–H and O–H groups in total. The zero-order chi connectivity index (χ0) is 20.8. The van der Waals surface area contributed by atoms with Crippen molar-refractivity contribution < 1.29 is 23.9 Å². The van der Waals surface area contributed by atoms with Gasteiger partial charge in [-0.3, -0.25) is 5.32 Å². The van der Waals surface area contributed by atoms with Crippen molar-refractivity contribution in [1.29, 1.82) is 0 Å². The van der Waals surface area contributed by atoms with Crippen LogP contribution in [0.1, 0.15) is 47.1 Å². The van der Waals surface area contributed by atoms with Gasteiger partial charge in [-0.1, -0.05) is 0 Å². The monoisotopic (exact) mass is 378 g/mol. The number of amides is 4. The Balaban J connectivity index is 3.11. The number of anilines is 1. The third-order valence-electron chi connectivity index (χ3n) is 2.64. The maximum Gasteiger partial charge on any atom is 0.436 e. The highest BCUT2D eigenvalue weighted by Crippen LogP contribution is 2.13. The third-order valence-corrected chi connectivity index (χ3v) is 2.64. The lowest BCUT2D eigenvalue weighted by atomic mass is 10.2. The van der Waals surface area contributed by atoms with Gasteiger partial charge in [0.25, 0.3) is 0 Å². The molecule has 1 aromatic carbocycles. The molecule has 0 aromatic heterocycles. The Morgan fingerprint density at radius 1 is 0.926 bits per heavy atom. The number of carbonyl (C=O) groups is 3. The maximum atomic E-state index is 12.1. The molecule has 1 aromatic rings. The molecule has 1 rings (SSSR count). The maximum absolute atomic E-state index is 12.1. The van der Waals surface area contributed by atoms with Crippen molar-refractivity contribution in [1.82, 2.24) is 5.32 Å². The Hall–Kier alpha value is -3.10. The number of nitrogens with zero attached hydrogens (tertiary/aromatic N) is 1. The van der Waals surface area contributed by atoms with Crippen molar-refractivity contribution in [3.63, 3.8) is 0 Å². The third kappa shape index (κ3) is 9.24. The Morgan fingerprint density at radius 3 is 1.89 bits per heavy atom. The number of rotatable bonds is 2. The molecule has 9 nitrogen and oxygen atoms in total. The molecular formula is C18H26N4O5. The summed E-state index contributed by atoms with van der Waals surface area (Å²) in [5, 5.41) is 4.85. The molecule has 9 heteroatoms. The first-order valence-corrected chi connectivity index (χ1v) is 8.24. The summed E-state index contributed by atoms with van der Waals surface area (Å²) in [7, 11) is 0. The van der Waals surface area contributed by atoms with E-state index in [0.717, 1.165) is 0 Å². The lowest BCUT2D eigenvalue weighted by Crippen LogP contribution is -2.37. The highest BCUT2D eigenvalue weighted by atomic mass is 16.6. The standard InChI is InChI=1S/C18H26N4O5/c1-17(2,3)26-15(24)21-13(22-16(25)27-18(4,5)6)11-7-9-12(10-8-11)20-14(19)23/h7-10H,1-6H3,(H3,19,20,23)(H,21,22,24,25). The molecule has 0 radical (unpaired) electrons. The van der Waals surface area contributed by atoms with Gasteiger partial charge < -0.3 is 20.5 Å². The molecule has 148 valence electrons. The molecule has 0 spiro atoms. The van der Waals surface area contributed by atoms with Gasteiger partial charge in [0.15, 0.2) is 0 Å². The van der Waals surface area contributed by atoms with Crippen molar-refractivity contribution in [2.24, 2.45) is 10.7 Å². The first-order valence-electron chi connectivity index (χ1n) is 8.24. The Kier molecular flexibility index (Phi) is 6.93. The summed E-state index contributed by atoms with van der Waals surface area (Å²) in [6, 6.07) is 5.47. The quantitative estimate of drug-likeness (QED) is 0.536. The number of ether oxygens (including phenoxy) is 2. The van der Waals surface area contributed by atoms with E-state index >= 15 is 0 Å². The smallest absolute Gasteiger partial charge is 0.436 e. The Morgan fingerprint density at radius 2 is 1.44 bits per heavy atom. The summed E-state index contributed by atoms with van der Waals surface area (Å²) in [4.78, 5) is 38.8. The van der Waals surface area contributed by atoms with E-state index in [1.807, 2.05) is 0 Å². The average molecular weight is 378 g/mol. The van der Waals surface area contributed by atoms with E-state index in [2.05, 4.69) is 15.6 Å². The second kappa shape index (κ2) is 8.52. The van der Waals surface area contributed by atoms with E-state index in [0.29, 0.717) is 11.3 Å². The number of benzene rings is 1. The number of urea groups is 1. The number of hydrogen-bond acceptors (Lipinski definition) is 5. The van der Waals surface area contributed by atoms with Gasteiger partial charge in [0.05, 0.1) is 0 Å². The molecule has 0 unspecified atom stereocenters. The number of amidine groups is 1. The van der Waals surface area contributed by atoms with Crippen LogP contribution in [0.4, 0.5) is 20.1 Å². The molecule has 0 aliphatic carbocycles. The van der Waals surface area contributed by atoms with Gasteiger partial charge in [0, 0.05) is 11.3 Å². The minimum Gasteiger partial charge on any atom is -0.444 e. The SMILES string of the molecule is CC(C)(C)OC(=O)N=C(NC(=O)OC(C)(C)C)c1ccc(NC(N)=O)cc1. The number of carbonyl (C=O) groups excluding carboxylic acids is 3. The fourth-order valence-electron chi connectivity index (χ4n) is 1.79. The highest BCUT2D eigenvalue weighted by molar-refractivity contribution is 6.10. The number of primary amides is 1. The summed E-state index contributed by atoms with van der Waals surface area (Å²) < 4.78 is 10.3. The molecule has 0 aliphatic rings. The lowest BCUT2D eigenvalue weighted by molar-refractivity contribution is 0.0562. The second-order valence-corrected chi connectivity index (χ2v) is 7.63. The van der Waals surface area contributed by atoms with E-state index in [-0.39, 0.29) is 5.84 Å². The van der Waals surface area contributed by atoms with Gasteiger partial charge in [-0.05, 0) is 65.8 Å². The van der Waals surface area contributed by atoms with Crippen LogP contribution in [-0.2, 0) is 9.47 Å². The number of nitrogens with one attached hydrogen (secondary N) is 2. The van der Waals surface area contributed by atoms with Gasteiger partial charge >= 0.3 is 18.2 Å². The Bertz CT molecular complexity index is 728. The van der Waals surface area contributed by atoms with E-state index in [9.17, 15) is 14.4 Å². The van der Waals surface area contributed by atoms with Gasteiger partial charge in [-0.25, -0.2) is 14.4 Å². The van der Waals surface area contributed by atoms with Crippen molar-refractivity contribution >= 4 is 29.7 Å². The van der Waals surface area contributed by atoms with Crippen molar-refractivity contribution in [2.45, 2.75) is 52.7 Å². The van der Waals surface area contributed by atoms with Crippen LogP contribution in [0.5, 0.6) is 0 Å². The number of aliphatic imine (C=N–C) groups is 1. The zero-order valence-electron chi connectivity index (χ0n) is 16.4. The predicted molar refractivity (Wildman–Crippen MR) is 102 cm³/mol. The molecular weight excluding hydrogens is 352 g/mol. The second-order valence-electron chi connectivity index (χ2n) is 7.63. The zero-order valence-corrected chi connectivity index (χ0v) is 16.4. The van der Waals surface area contributed by atoms with Crippen LogP contribution in [0.3, 0.4) is 0 Å². The first kappa shape index (κ1) is 21.9. The van der Waals surface area contributed by atoms with Gasteiger partial charge in [-0.15, -0.1) is 0 Å². The van der Waals surface area contributed by atoms with Gasteiger partial charge in [0.1, 0.15) is 17.0 Å². The van der Waals surface area contributed by atoms with Crippen LogP contribution in [0.15, 0.2) is 29.3 Å². The summed E-state index contributed by atoms with van der Waals surface area (Å²) in [5.74, 6) is -0.0517. The summed E-state index contributed by atoms with van der Waals surface area (Å²) in [5.41, 5.74) is 4.44. The van der Waals surface area contributed by atoms with Crippen molar-refractivity contribution in [3.8, 4) is 0 Å². The predicted octanol–water partition coefficient (Wildman–Crippen LogP) is 3.38. The van der Waals surface area contributed by atoms with E-state index < -0.39 is 29.4 Å². The van der Waals surface area contributed by atoms with Crippen molar-refractivity contribution in [3.05, 3.63) is 29.8 Å². The molecule has 0 saturated carbocycles. The van der Waals surface area contributed by atoms with E-state index in [1.54, 1.807) is 65.8 Å². The van der Waals surface area contributed by atoms with Crippen LogP contribution in [0.25, 0.3) is 0 Å². The summed E-state index contributed by atoms with van der Waals surface area (Å²) >= 11 is 0. The van der Waals surface area contributed by atoms with E-state index in [1.165, 1.54) is 0 Å². The van der Waals surface area contributed by atoms with Gasteiger partial charge in [-0.2, -0.15) is 4.99 Å². The molecule has 0 saturated heterocycles. The van der Waals surface area contributed by atoms with Crippen LogP contribution in [0.2, 0.25) is 0 Å². The van der Waals surface area contributed by atoms with E-state index in [4.69, 9.17) is 15.2 Å². The highest BCUT2D eigenvalue weighted by Gasteiger charge is 2.21. The molecule has 0 atom stereocenters. The molecule has 0 bridgehead atoms. The van der Waals surface area contributed by atoms with Crippen LogP contribution < -0.4 is 16.4 Å². The minimum atomic E-state index is -0.868. The Labute approximate surface area is 158 Å². The molecule has 0 heterocycles. The number of nitrogens with two attached hydrogens (primary N) is 1. The topological polar surface area (TPSA) is 132 Å². The average Bonchev–Trinajstić information content (AvgIpc) is 2.42. The summed E-state index contributed by atoms with van der Waals surface area (Å²) in [6.07, 6.45) is -1.64. The minimum absolute atomic E-state index is 0.0517. The molecule has 4 amide bonds. The largest absolute Gasteiger partial charge is 0.444 e. The molecule has 0 fully saturated rings. The number of alkyl carbamates (subject to hydrolysis) is 1. The number of hydrogen-bond donors (Lipinski definition) is 3. The first-order chi connectivity index (χ1) is 12.2. The van der Waals surface area contributed by atoms with Crippen LogP contribution >= 0.6 is 0 Å². The fraction of sp³-hybridized carbons (Fsp3) is 0.444. The normalized spacial score (nSPS) is 12.1. The molecule has 0 aliphatic heterocycles. The van der Waals surface area contributed by atoms with Crippen molar-refractivity contribution in [2.75, 3.05) is 5.32 Å². The molecule has 27 heavy (non-hydrogen) atoms. The van der Waals surface area contributed by atoms with Gasteiger partial charge in [0.2, 0.25) is 0 Å². The summed E-state index contributed by atoms with van der Waals surface area (Å²) in [6.45, 7) is 10.2.